The molecule has 3 aromatic rings. The highest BCUT2D eigenvalue weighted by molar-refractivity contribution is 5.96. The highest BCUT2D eigenvalue weighted by Gasteiger charge is 2.27. The van der Waals surface area contributed by atoms with Gasteiger partial charge in [-0.3, -0.25) is 14.2 Å². The number of anilines is 1. The minimum atomic E-state index is -0.299. The molecule has 0 saturated carbocycles. The van der Waals surface area contributed by atoms with Crippen LogP contribution in [0.1, 0.15) is 49.5 Å². The summed E-state index contributed by atoms with van der Waals surface area (Å²) in [6.07, 6.45) is 6.58. The largest absolute Gasteiger partial charge is 0.497 e. The highest BCUT2D eigenvalue weighted by atomic mass is 19.1. The molecule has 1 aliphatic rings. The van der Waals surface area contributed by atoms with Gasteiger partial charge in [0.05, 0.1) is 25.8 Å². The quantitative estimate of drug-likeness (QED) is 0.313. The molecule has 0 aliphatic carbocycles. The standard InChI is InChI=1S/C30H38FN5O3/c1-19(2)23(12-11-20(3)31)15-36-28-27(21(4)29(36)34-13-7-9-24(32)16-34)33-18-35(30(28)38)17-26(37)22-8-6-10-25(14-22)39-5/h6,8,10-12,14,18-19,24H,7,9,13,15-17,32H2,1-5H3/b20-11+,23-12-/t24-/m1/s1. The molecule has 2 N–H and O–H groups in total. The van der Waals surface area contributed by atoms with Gasteiger partial charge >= 0.3 is 0 Å². The number of carbonyl (C=O) groups excluding carboxylic acids is 1. The predicted molar refractivity (Wildman–Crippen MR) is 153 cm³/mol. The SMILES string of the molecule is COc1cccc(C(=O)Cn2cnc3c(C)c(N4CCC[C@@H](N)C4)n(C/C(=C/C=C(\C)F)C(C)C)c3c2=O)c1. The molecule has 39 heavy (non-hydrogen) atoms. The Morgan fingerprint density at radius 3 is 2.72 bits per heavy atom. The molecule has 0 unspecified atom stereocenters. The summed E-state index contributed by atoms with van der Waals surface area (Å²) in [4.78, 5) is 34.0. The van der Waals surface area contributed by atoms with Crippen molar-refractivity contribution in [1.29, 1.82) is 0 Å². The van der Waals surface area contributed by atoms with Gasteiger partial charge in [0.2, 0.25) is 0 Å². The normalized spacial score (nSPS) is 16.8. The molecule has 3 heterocycles. The molecule has 0 bridgehead atoms. The zero-order valence-electron chi connectivity index (χ0n) is 23.4. The smallest absolute Gasteiger partial charge is 0.278 e. The summed E-state index contributed by atoms with van der Waals surface area (Å²) in [6.45, 7) is 9.19. The van der Waals surface area contributed by atoms with Crippen LogP contribution >= 0.6 is 0 Å². The lowest BCUT2D eigenvalue weighted by Crippen LogP contribution is -2.44. The van der Waals surface area contributed by atoms with E-state index in [2.05, 4.69) is 9.88 Å². The fourth-order valence-electron chi connectivity index (χ4n) is 5.16. The average molecular weight is 536 g/mol. The van der Waals surface area contributed by atoms with Crippen LogP contribution in [0.2, 0.25) is 0 Å². The number of ketones is 1. The maximum Gasteiger partial charge on any atom is 0.278 e. The number of piperidine rings is 1. The van der Waals surface area contributed by atoms with Gasteiger partial charge in [-0.05, 0) is 56.4 Å². The van der Waals surface area contributed by atoms with Crippen LogP contribution < -0.4 is 20.9 Å². The summed E-state index contributed by atoms with van der Waals surface area (Å²) >= 11 is 0. The molecule has 0 radical (unpaired) electrons. The maximum absolute atomic E-state index is 14.0. The molecule has 208 valence electrons. The number of hydrogen-bond donors (Lipinski definition) is 1. The van der Waals surface area contributed by atoms with Crippen LogP contribution in [0.3, 0.4) is 0 Å². The molecule has 0 spiro atoms. The second-order valence-corrected chi connectivity index (χ2v) is 10.6. The van der Waals surface area contributed by atoms with Gasteiger partial charge in [-0.1, -0.05) is 32.1 Å². The Labute approximate surface area is 228 Å². The average Bonchev–Trinajstić information content (AvgIpc) is 3.19. The number of benzene rings is 1. The van der Waals surface area contributed by atoms with Crippen molar-refractivity contribution in [2.45, 2.75) is 59.7 Å². The first-order chi connectivity index (χ1) is 18.6. The minimum absolute atomic E-state index is 0.0342. The highest BCUT2D eigenvalue weighted by Crippen LogP contribution is 2.33. The lowest BCUT2D eigenvalue weighted by atomic mass is 10.0. The van der Waals surface area contributed by atoms with Gasteiger partial charge in [0.25, 0.3) is 5.56 Å². The third-order valence-corrected chi connectivity index (χ3v) is 7.30. The van der Waals surface area contributed by atoms with E-state index in [-0.39, 0.29) is 35.7 Å². The van der Waals surface area contributed by atoms with Crippen LogP contribution in [0.5, 0.6) is 5.75 Å². The van der Waals surface area contributed by atoms with Crippen LogP contribution in [-0.4, -0.2) is 46.1 Å². The van der Waals surface area contributed by atoms with Crippen LogP contribution in [0.15, 0.2) is 58.9 Å². The number of methoxy groups -OCH3 is 1. The lowest BCUT2D eigenvalue weighted by molar-refractivity contribution is 0.0970. The van der Waals surface area contributed by atoms with E-state index >= 15 is 0 Å². The van der Waals surface area contributed by atoms with E-state index in [1.165, 1.54) is 23.9 Å². The maximum atomic E-state index is 14.0. The van der Waals surface area contributed by atoms with Crippen LogP contribution in [0, 0.1) is 12.8 Å². The van der Waals surface area contributed by atoms with Crippen molar-refractivity contribution in [1.82, 2.24) is 14.1 Å². The van der Waals surface area contributed by atoms with Gasteiger partial charge in [0, 0.05) is 36.8 Å². The van der Waals surface area contributed by atoms with E-state index in [1.807, 2.05) is 25.3 Å². The third-order valence-electron chi connectivity index (χ3n) is 7.30. The summed E-state index contributed by atoms with van der Waals surface area (Å²) in [5.41, 5.74) is 9.37. The van der Waals surface area contributed by atoms with Crippen molar-refractivity contribution in [3.8, 4) is 5.75 Å². The van der Waals surface area contributed by atoms with E-state index in [1.54, 1.807) is 37.5 Å². The number of ether oxygens (including phenoxy) is 1. The van der Waals surface area contributed by atoms with E-state index < -0.39 is 0 Å². The molecule has 0 amide bonds. The molecule has 4 rings (SSSR count). The summed E-state index contributed by atoms with van der Waals surface area (Å²) in [5.74, 6) is 1.07. The van der Waals surface area contributed by atoms with E-state index in [0.29, 0.717) is 35.4 Å². The Balaban J connectivity index is 1.85. The molecule has 1 saturated heterocycles. The molecular weight excluding hydrogens is 497 g/mol. The Kier molecular flexibility index (Phi) is 8.70. The first kappa shape index (κ1) is 28.3. The predicted octanol–water partition coefficient (Wildman–Crippen LogP) is 4.78. The Hall–Kier alpha value is -3.72. The number of rotatable bonds is 9. The van der Waals surface area contributed by atoms with Gasteiger partial charge < -0.3 is 19.9 Å². The number of aromatic nitrogens is 3. The molecule has 1 fully saturated rings. The van der Waals surface area contributed by atoms with Crippen molar-refractivity contribution in [2.24, 2.45) is 11.7 Å². The van der Waals surface area contributed by atoms with E-state index in [0.717, 1.165) is 36.3 Å². The summed E-state index contributed by atoms with van der Waals surface area (Å²) in [7, 11) is 1.54. The zero-order valence-corrected chi connectivity index (χ0v) is 23.4. The molecular formula is C30H38FN5O3. The topological polar surface area (TPSA) is 95.4 Å². The van der Waals surface area contributed by atoms with Gasteiger partial charge in [-0.15, -0.1) is 0 Å². The second kappa shape index (κ2) is 12.0. The molecule has 1 aromatic carbocycles. The molecule has 2 aromatic heterocycles. The first-order valence-corrected chi connectivity index (χ1v) is 13.4. The summed E-state index contributed by atoms with van der Waals surface area (Å²) in [5, 5.41) is 0. The number of hydrogen-bond acceptors (Lipinski definition) is 6. The fraction of sp³-hybridized carbons (Fsp3) is 0.433. The van der Waals surface area contributed by atoms with Crippen LogP contribution in [0.4, 0.5) is 10.2 Å². The number of allylic oxidation sites excluding steroid dienone is 4. The van der Waals surface area contributed by atoms with Crippen molar-refractivity contribution < 1.29 is 13.9 Å². The van der Waals surface area contributed by atoms with Gasteiger partial charge in [0.15, 0.2) is 5.78 Å². The number of aryl methyl sites for hydroxylation is 1. The van der Waals surface area contributed by atoms with Crippen LogP contribution in [0.25, 0.3) is 11.0 Å². The molecule has 1 aliphatic heterocycles. The third kappa shape index (κ3) is 6.14. The number of nitrogens with zero attached hydrogens (tertiary/aromatic N) is 4. The number of Topliss-reactive ketones (excluding diaryl/α,β-unsaturated/α-hetero) is 1. The monoisotopic (exact) mass is 535 g/mol. The molecule has 1 atom stereocenters. The van der Waals surface area contributed by atoms with Gasteiger partial charge in [0.1, 0.15) is 22.6 Å². The minimum Gasteiger partial charge on any atom is -0.497 e. The molecule has 9 heteroatoms. The lowest BCUT2D eigenvalue weighted by Gasteiger charge is -2.34. The Morgan fingerprint density at radius 1 is 1.28 bits per heavy atom. The summed E-state index contributed by atoms with van der Waals surface area (Å²) < 4.78 is 22.2. The number of carbonyl (C=O) groups is 1. The second-order valence-electron chi connectivity index (χ2n) is 10.6. The van der Waals surface area contributed by atoms with Gasteiger partial charge in [-0.25, -0.2) is 9.37 Å². The van der Waals surface area contributed by atoms with Crippen LogP contribution in [-0.2, 0) is 13.1 Å². The number of nitrogens with two attached hydrogens (primary N) is 1. The van der Waals surface area contributed by atoms with Crippen molar-refractivity contribution in [2.75, 3.05) is 25.1 Å². The first-order valence-electron chi connectivity index (χ1n) is 13.4. The molecule has 8 nitrogen and oxygen atoms in total. The number of fused-ring (bicyclic) bond motifs is 1. The summed E-state index contributed by atoms with van der Waals surface area (Å²) in [6, 6.07) is 6.90. The zero-order chi connectivity index (χ0) is 28.3. The van der Waals surface area contributed by atoms with Crippen molar-refractivity contribution in [3.05, 3.63) is 75.6 Å². The van der Waals surface area contributed by atoms with E-state index in [4.69, 9.17) is 10.5 Å². The fourth-order valence-corrected chi connectivity index (χ4v) is 5.16. The van der Waals surface area contributed by atoms with E-state index in [9.17, 15) is 14.0 Å². The van der Waals surface area contributed by atoms with Gasteiger partial charge in [-0.2, -0.15) is 0 Å². The Morgan fingerprint density at radius 2 is 2.05 bits per heavy atom. The Bertz CT molecular complexity index is 1480. The van der Waals surface area contributed by atoms with Crippen molar-refractivity contribution in [3.63, 3.8) is 0 Å². The number of halogens is 1. The van der Waals surface area contributed by atoms with Crippen molar-refractivity contribution >= 4 is 22.6 Å².